The Kier molecular flexibility index (Phi) is 4.29. The standard InChI is InChI=1S/C15H14F2N2S/c1-9-3-10(2)5-13(4-9)18-15(20)19-14-7-11(16)6-12(17)8-14/h3-8H,1-2H3,(H2,18,19,20). The van der Waals surface area contributed by atoms with E-state index >= 15 is 0 Å². The first kappa shape index (κ1) is 14.4. The number of hydrogen-bond donors (Lipinski definition) is 2. The van der Waals surface area contributed by atoms with Crippen molar-refractivity contribution in [3.05, 3.63) is 59.2 Å². The summed E-state index contributed by atoms with van der Waals surface area (Å²) in [6, 6.07) is 9.09. The summed E-state index contributed by atoms with van der Waals surface area (Å²) in [6.45, 7) is 3.97. The van der Waals surface area contributed by atoms with Crippen LogP contribution in [-0.2, 0) is 0 Å². The zero-order chi connectivity index (χ0) is 14.7. The molecule has 0 aromatic heterocycles. The first-order valence-electron chi connectivity index (χ1n) is 6.05. The topological polar surface area (TPSA) is 24.1 Å². The number of thiocarbonyl (C=S) groups is 1. The normalized spacial score (nSPS) is 10.2. The molecule has 0 unspecified atom stereocenters. The monoisotopic (exact) mass is 292 g/mol. The number of rotatable bonds is 2. The second-order valence-corrected chi connectivity index (χ2v) is 5.02. The van der Waals surface area contributed by atoms with Crippen molar-refractivity contribution < 1.29 is 8.78 Å². The number of anilines is 2. The maximum absolute atomic E-state index is 13.1. The van der Waals surface area contributed by atoms with Gasteiger partial charge in [0.05, 0.1) is 0 Å². The number of aryl methyl sites for hydroxylation is 2. The summed E-state index contributed by atoms with van der Waals surface area (Å²) in [6.07, 6.45) is 0. The fraction of sp³-hybridized carbons (Fsp3) is 0.133. The maximum atomic E-state index is 13.1. The molecule has 0 fully saturated rings. The Hall–Kier alpha value is -2.01. The van der Waals surface area contributed by atoms with Crippen LogP contribution in [0.5, 0.6) is 0 Å². The lowest BCUT2D eigenvalue weighted by atomic mass is 10.1. The van der Waals surface area contributed by atoms with Crippen molar-refractivity contribution in [3.8, 4) is 0 Å². The summed E-state index contributed by atoms with van der Waals surface area (Å²) in [7, 11) is 0. The average molecular weight is 292 g/mol. The van der Waals surface area contributed by atoms with Gasteiger partial charge in [-0.25, -0.2) is 8.78 Å². The van der Waals surface area contributed by atoms with E-state index in [2.05, 4.69) is 10.6 Å². The summed E-state index contributed by atoms with van der Waals surface area (Å²) < 4.78 is 26.1. The second kappa shape index (κ2) is 5.96. The summed E-state index contributed by atoms with van der Waals surface area (Å²) in [5, 5.41) is 6.02. The van der Waals surface area contributed by atoms with E-state index in [0.29, 0.717) is 0 Å². The summed E-state index contributed by atoms with van der Waals surface area (Å²) in [5.74, 6) is -1.30. The molecule has 0 saturated carbocycles. The van der Waals surface area contributed by atoms with Crippen LogP contribution in [0.3, 0.4) is 0 Å². The Labute approximate surface area is 121 Å². The number of hydrogen-bond acceptors (Lipinski definition) is 1. The summed E-state index contributed by atoms with van der Waals surface area (Å²) >= 11 is 5.12. The van der Waals surface area contributed by atoms with Crippen molar-refractivity contribution in [2.45, 2.75) is 13.8 Å². The molecule has 0 aliphatic rings. The van der Waals surface area contributed by atoms with Gasteiger partial charge in [0.15, 0.2) is 5.11 Å². The van der Waals surface area contributed by atoms with Crippen molar-refractivity contribution in [3.63, 3.8) is 0 Å². The van der Waals surface area contributed by atoms with Crippen LogP contribution in [0.2, 0.25) is 0 Å². The van der Waals surface area contributed by atoms with Crippen molar-refractivity contribution in [2.24, 2.45) is 0 Å². The fourth-order valence-corrected chi connectivity index (χ4v) is 2.20. The molecular weight excluding hydrogens is 278 g/mol. The molecule has 104 valence electrons. The third-order valence-electron chi connectivity index (χ3n) is 2.60. The Balaban J connectivity index is 2.08. The second-order valence-electron chi connectivity index (χ2n) is 4.61. The third-order valence-corrected chi connectivity index (χ3v) is 2.80. The molecule has 0 amide bonds. The van der Waals surface area contributed by atoms with Crippen LogP contribution in [0, 0.1) is 25.5 Å². The van der Waals surface area contributed by atoms with E-state index in [1.807, 2.05) is 32.0 Å². The van der Waals surface area contributed by atoms with Crippen LogP contribution in [-0.4, -0.2) is 5.11 Å². The molecule has 0 aliphatic carbocycles. The predicted molar refractivity (Wildman–Crippen MR) is 82.1 cm³/mol. The largest absolute Gasteiger partial charge is 0.332 e. The summed E-state index contributed by atoms with van der Waals surface area (Å²) in [5.41, 5.74) is 3.31. The molecule has 0 saturated heterocycles. The van der Waals surface area contributed by atoms with Gasteiger partial charge in [-0.3, -0.25) is 0 Å². The average Bonchev–Trinajstić information content (AvgIpc) is 2.24. The van der Waals surface area contributed by atoms with Gasteiger partial charge in [-0.2, -0.15) is 0 Å². The first-order valence-corrected chi connectivity index (χ1v) is 6.45. The third kappa shape index (κ3) is 3.99. The molecule has 2 N–H and O–H groups in total. The van der Waals surface area contributed by atoms with Gasteiger partial charge in [0.2, 0.25) is 0 Å². The van der Waals surface area contributed by atoms with Crippen molar-refractivity contribution >= 4 is 28.7 Å². The van der Waals surface area contributed by atoms with Crippen LogP contribution >= 0.6 is 12.2 Å². The summed E-state index contributed by atoms with van der Waals surface area (Å²) in [4.78, 5) is 0. The van der Waals surface area contributed by atoms with Gasteiger partial charge in [0.25, 0.3) is 0 Å². The van der Waals surface area contributed by atoms with Crippen molar-refractivity contribution in [1.82, 2.24) is 0 Å². The van der Waals surface area contributed by atoms with Crippen LogP contribution in [0.1, 0.15) is 11.1 Å². The SMILES string of the molecule is Cc1cc(C)cc(NC(=S)Nc2cc(F)cc(F)c2)c1. The smallest absolute Gasteiger partial charge is 0.175 e. The highest BCUT2D eigenvalue weighted by Crippen LogP contribution is 2.16. The molecule has 2 aromatic rings. The van der Waals surface area contributed by atoms with E-state index in [4.69, 9.17) is 12.2 Å². The lowest BCUT2D eigenvalue weighted by molar-refractivity contribution is 0.584. The van der Waals surface area contributed by atoms with E-state index in [1.165, 1.54) is 12.1 Å². The number of nitrogens with one attached hydrogen (secondary N) is 2. The van der Waals surface area contributed by atoms with Crippen LogP contribution < -0.4 is 10.6 Å². The molecular formula is C15H14F2N2S. The minimum absolute atomic E-state index is 0.268. The number of benzene rings is 2. The number of halogens is 2. The van der Waals surface area contributed by atoms with Gasteiger partial charge in [0, 0.05) is 17.4 Å². The zero-order valence-electron chi connectivity index (χ0n) is 11.1. The van der Waals surface area contributed by atoms with E-state index in [1.54, 1.807) is 0 Å². The molecule has 0 bridgehead atoms. The van der Waals surface area contributed by atoms with Gasteiger partial charge >= 0.3 is 0 Å². The zero-order valence-corrected chi connectivity index (χ0v) is 11.9. The maximum Gasteiger partial charge on any atom is 0.175 e. The fourth-order valence-electron chi connectivity index (χ4n) is 1.97. The van der Waals surface area contributed by atoms with Gasteiger partial charge in [0.1, 0.15) is 11.6 Å². The highest BCUT2D eigenvalue weighted by molar-refractivity contribution is 7.80. The molecule has 0 radical (unpaired) electrons. The van der Waals surface area contributed by atoms with Crippen LogP contribution in [0.25, 0.3) is 0 Å². The van der Waals surface area contributed by atoms with Crippen LogP contribution in [0.15, 0.2) is 36.4 Å². The highest BCUT2D eigenvalue weighted by Gasteiger charge is 2.04. The van der Waals surface area contributed by atoms with Crippen LogP contribution in [0.4, 0.5) is 20.2 Å². The highest BCUT2D eigenvalue weighted by atomic mass is 32.1. The van der Waals surface area contributed by atoms with E-state index in [-0.39, 0.29) is 10.8 Å². The molecule has 0 atom stereocenters. The molecule has 2 aromatic carbocycles. The molecule has 0 spiro atoms. The molecule has 20 heavy (non-hydrogen) atoms. The minimum atomic E-state index is -0.651. The molecule has 2 nitrogen and oxygen atoms in total. The van der Waals surface area contributed by atoms with Gasteiger partial charge in [-0.05, 0) is 61.5 Å². The molecule has 0 heterocycles. The lowest BCUT2D eigenvalue weighted by Gasteiger charge is -2.12. The Bertz CT molecular complexity index is 560. The quantitative estimate of drug-likeness (QED) is 0.803. The van der Waals surface area contributed by atoms with E-state index in [0.717, 1.165) is 22.9 Å². The van der Waals surface area contributed by atoms with Gasteiger partial charge in [-0.1, -0.05) is 6.07 Å². The van der Waals surface area contributed by atoms with Crippen molar-refractivity contribution in [1.29, 1.82) is 0 Å². The minimum Gasteiger partial charge on any atom is -0.332 e. The molecule has 2 rings (SSSR count). The van der Waals surface area contributed by atoms with Gasteiger partial charge < -0.3 is 10.6 Å². The van der Waals surface area contributed by atoms with Gasteiger partial charge in [-0.15, -0.1) is 0 Å². The van der Waals surface area contributed by atoms with E-state index in [9.17, 15) is 8.78 Å². The Morgan fingerprint density at radius 2 is 1.25 bits per heavy atom. The first-order chi connectivity index (χ1) is 9.42. The Morgan fingerprint density at radius 3 is 1.75 bits per heavy atom. The molecule has 5 heteroatoms. The van der Waals surface area contributed by atoms with E-state index < -0.39 is 11.6 Å². The lowest BCUT2D eigenvalue weighted by Crippen LogP contribution is -2.19. The Morgan fingerprint density at radius 1 is 0.800 bits per heavy atom. The predicted octanol–water partition coefficient (Wildman–Crippen LogP) is 4.39. The van der Waals surface area contributed by atoms with Crippen molar-refractivity contribution in [2.75, 3.05) is 10.6 Å². The molecule has 0 aliphatic heterocycles.